The Labute approximate surface area is 179 Å². The summed E-state index contributed by atoms with van der Waals surface area (Å²) in [5, 5.41) is 9.63. The van der Waals surface area contributed by atoms with Crippen LogP contribution in [0.5, 0.6) is 5.75 Å². The molecule has 0 saturated heterocycles. The zero-order valence-corrected chi connectivity index (χ0v) is 18.1. The predicted octanol–water partition coefficient (Wildman–Crippen LogP) is 3.70. The first-order valence-electron chi connectivity index (χ1n) is 10.7. The van der Waals surface area contributed by atoms with E-state index in [1.807, 2.05) is 51.1 Å². The molecule has 0 aromatic heterocycles. The molecule has 1 atom stereocenters. The number of anilines is 1. The van der Waals surface area contributed by atoms with Gasteiger partial charge in [-0.3, -0.25) is 9.79 Å². The lowest BCUT2D eigenvalue weighted by atomic mass is 9.91. The smallest absolute Gasteiger partial charge is 0.225 e. The highest BCUT2D eigenvalue weighted by Gasteiger charge is 2.24. The van der Waals surface area contributed by atoms with Gasteiger partial charge in [-0.05, 0) is 56.5 Å². The molecule has 0 spiro atoms. The van der Waals surface area contributed by atoms with Gasteiger partial charge in [0.25, 0.3) is 0 Å². The van der Waals surface area contributed by atoms with Crippen LogP contribution in [0, 0.1) is 0 Å². The molecule has 3 rings (SSSR count). The average molecular weight is 409 g/mol. The Morgan fingerprint density at radius 1 is 1.17 bits per heavy atom. The summed E-state index contributed by atoms with van der Waals surface area (Å²) in [5.41, 5.74) is 3.30. The van der Waals surface area contributed by atoms with E-state index in [2.05, 4.69) is 34.1 Å². The van der Waals surface area contributed by atoms with Gasteiger partial charge in [0.2, 0.25) is 5.91 Å². The first-order chi connectivity index (χ1) is 14.5. The van der Waals surface area contributed by atoms with Crippen molar-refractivity contribution in [3.63, 3.8) is 0 Å². The van der Waals surface area contributed by atoms with Gasteiger partial charge in [0.15, 0.2) is 5.96 Å². The van der Waals surface area contributed by atoms with Crippen LogP contribution >= 0.6 is 0 Å². The molecular weight excluding hydrogens is 376 g/mol. The molecule has 2 aromatic rings. The number of rotatable bonds is 8. The first kappa shape index (κ1) is 21.7. The third-order valence-corrected chi connectivity index (χ3v) is 4.92. The Hall–Kier alpha value is -3.02. The summed E-state index contributed by atoms with van der Waals surface area (Å²) in [4.78, 5) is 16.8. The summed E-state index contributed by atoms with van der Waals surface area (Å²) < 4.78 is 5.69. The zero-order chi connectivity index (χ0) is 21.3. The number of guanidine groups is 1. The minimum absolute atomic E-state index is 0.0525. The van der Waals surface area contributed by atoms with Crippen molar-refractivity contribution in [2.24, 2.45) is 4.99 Å². The third-order valence-electron chi connectivity index (χ3n) is 4.92. The highest BCUT2D eigenvalue weighted by atomic mass is 16.5. The van der Waals surface area contributed by atoms with E-state index in [-0.39, 0.29) is 17.9 Å². The van der Waals surface area contributed by atoms with Crippen LogP contribution < -0.4 is 20.7 Å². The molecule has 160 valence electrons. The molecule has 6 nitrogen and oxygen atoms in total. The zero-order valence-electron chi connectivity index (χ0n) is 18.1. The summed E-state index contributed by atoms with van der Waals surface area (Å²) >= 11 is 0. The van der Waals surface area contributed by atoms with Gasteiger partial charge in [-0.25, -0.2) is 0 Å². The highest BCUT2D eigenvalue weighted by molar-refractivity contribution is 5.94. The number of carbonyl (C=O) groups is 1. The number of aliphatic imine (C=N–C) groups is 1. The Kier molecular flexibility index (Phi) is 7.71. The minimum atomic E-state index is 0.0525. The lowest BCUT2D eigenvalue weighted by molar-refractivity contribution is -0.116. The van der Waals surface area contributed by atoms with E-state index in [0.717, 1.165) is 42.5 Å². The number of para-hydroxylation sites is 1. The molecule has 1 heterocycles. The molecule has 1 aliphatic rings. The van der Waals surface area contributed by atoms with Gasteiger partial charge >= 0.3 is 0 Å². The fourth-order valence-electron chi connectivity index (χ4n) is 3.54. The number of fused-ring (bicyclic) bond motifs is 1. The molecule has 6 heteroatoms. The maximum Gasteiger partial charge on any atom is 0.225 e. The summed E-state index contributed by atoms with van der Waals surface area (Å²) in [5.74, 6) is 1.82. The molecule has 0 aliphatic carbocycles. The molecule has 30 heavy (non-hydrogen) atoms. The van der Waals surface area contributed by atoms with Crippen LogP contribution in [0.15, 0.2) is 53.5 Å². The molecule has 1 unspecified atom stereocenters. The Morgan fingerprint density at radius 2 is 1.93 bits per heavy atom. The quantitative estimate of drug-likeness (QED) is 0.460. The summed E-state index contributed by atoms with van der Waals surface area (Å²) in [7, 11) is 0. The average Bonchev–Trinajstić information content (AvgIpc) is 2.72. The summed E-state index contributed by atoms with van der Waals surface area (Å²) in [6, 6.07) is 16.2. The van der Waals surface area contributed by atoms with Crippen LogP contribution in [0.1, 0.15) is 44.2 Å². The van der Waals surface area contributed by atoms with Crippen LogP contribution in [0.4, 0.5) is 5.69 Å². The third kappa shape index (κ3) is 6.24. The number of hydrogen-bond acceptors (Lipinski definition) is 3. The number of benzene rings is 2. The van der Waals surface area contributed by atoms with Crippen LogP contribution in [-0.2, 0) is 11.2 Å². The lowest BCUT2D eigenvalue weighted by Gasteiger charge is -2.24. The van der Waals surface area contributed by atoms with Crippen LogP contribution in [-0.4, -0.2) is 37.6 Å². The first-order valence-corrected chi connectivity index (χ1v) is 10.7. The standard InChI is InChI=1S/C24H32N4O2/c1-4-25-24(26-14-13-18-9-11-20(12-10-18)30-17(2)3)27-16-19-15-23(29)28-22-8-6-5-7-21(19)22/h5-12,17,19H,4,13-16H2,1-3H3,(H,28,29)(H2,25,26,27). The fourth-order valence-corrected chi connectivity index (χ4v) is 3.54. The SMILES string of the molecule is CCNC(=NCC1CC(=O)Nc2ccccc21)NCCc1ccc(OC(C)C)cc1. The number of ether oxygens (including phenoxy) is 1. The van der Waals surface area contributed by atoms with E-state index < -0.39 is 0 Å². The van der Waals surface area contributed by atoms with Gasteiger partial charge in [-0.1, -0.05) is 30.3 Å². The van der Waals surface area contributed by atoms with Crippen molar-refractivity contribution in [1.82, 2.24) is 10.6 Å². The summed E-state index contributed by atoms with van der Waals surface area (Å²) in [6.45, 7) is 8.23. The van der Waals surface area contributed by atoms with Gasteiger partial charge in [0.1, 0.15) is 5.75 Å². The van der Waals surface area contributed by atoms with Crippen molar-refractivity contribution in [1.29, 1.82) is 0 Å². The van der Waals surface area contributed by atoms with Gasteiger partial charge in [0.05, 0.1) is 12.6 Å². The molecular formula is C24H32N4O2. The normalized spacial score (nSPS) is 16.1. The number of nitrogens with one attached hydrogen (secondary N) is 3. The van der Waals surface area contributed by atoms with Crippen molar-refractivity contribution < 1.29 is 9.53 Å². The van der Waals surface area contributed by atoms with E-state index >= 15 is 0 Å². The maximum absolute atomic E-state index is 12.0. The van der Waals surface area contributed by atoms with E-state index in [0.29, 0.717) is 13.0 Å². The summed E-state index contributed by atoms with van der Waals surface area (Å²) in [6.07, 6.45) is 1.53. The molecule has 0 bridgehead atoms. The number of hydrogen-bond donors (Lipinski definition) is 3. The second-order valence-electron chi connectivity index (χ2n) is 7.74. The molecule has 1 amide bonds. The molecule has 3 N–H and O–H groups in total. The van der Waals surface area contributed by atoms with Crippen molar-refractivity contribution in [3.05, 3.63) is 59.7 Å². The van der Waals surface area contributed by atoms with Crippen molar-refractivity contribution >= 4 is 17.6 Å². The Bertz CT molecular complexity index is 862. The lowest BCUT2D eigenvalue weighted by Crippen LogP contribution is -2.38. The fraction of sp³-hybridized carbons (Fsp3) is 0.417. The van der Waals surface area contributed by atoms with Crippen LogP contribution in [0.25, 0.3) is 0 Å². The number of carbonyl (C=O) groups excluding carboxylic acids is 1. The van der Waals surface area contributed by atoms with Crippen molar-refractivity contribution in [2.45, 2.75) is 45.6 Å². The van der Waals surface area contributed by atoms with Crippen molar-refractivity contribution in [3.8, 4) is 5.75 Å². The Morgan fingerprint density at radius 3 is 2.67 bits per heavy atom. The second kappa shape index (κ2) is 10.7. The molecule has 0 radical (unpaired) electrons. The van der Waals surface area contributed by atoms with E-state index in [1.165, 1.54) is 5.56 Å². The van der Waals surface area contributed by atoms with Crippen LogP contribution in [0.2, 0.25) is 0 Å². The molecule has 1 aliphatic heterocycles. The highest BCUT2D eigenvalue weighted by Crippen LogP contribution is 2.31. The minimum Gasteiger partial charge on any atom is -0.491 e. The molecule has 2 aromatic carbocycles. The predicted molar refractivity (Wildman–Crippen MR) is 122 cm³/mol. The topological polar surface area (TPSA) is 74.8 Å². The second-order valence-corrected chi connectivity index (χ2v) is 7.74. The van der Waals surface area contributed by atoms with E-state index in [9.17, 15) is 4.79 Å². The number of amides is 1. The van der Waals surface area contributed by atoms with E-state index in [1.54, 1.807) is 0 Å². The maximum atomic E-state index is 12.0. The number of nitrogens with zero attached hydrogens (tertiary/aromatic N) is 1. The van der Waals surface area contributed by atoms with Crippen molar-refractivity contribution in [2.75, 3.05) is 25.0 Å². The van der Waals surface area contributed by atoms with E-state index in [4.69, 9.17) is 9.73 Å². The van der Waals surface area contributed by atoms with Gasteiger partial charge in [0, 0.05) is 31.1 Å². The van der Waals surface area contributed by atoms with Gasteiger partial charge in [-0.2, -0.15) is 0 Å². The molecule has 0 fully saturated rings. The largest absolute Gasteiger partial charge is 0.491 e. The van der Waals surface area contributed by atoms with Crippen LogP contribution in [0.3, 0.4) is 0 Å². The van der Waals surface area contributed by atoms with Gasteiger partial charge < -0.3 is 20.7 Å². The van der Waals surface area contributed by atoms with Gasteiger partial charge in [-0.15, -0.1) is 0 Å². The Balaban J connectivity index is 1.55. The monoisotopic (exact) mass is 408 g/mol. The molecule has 0 saturated carbocycles.